The van der Waals surface area contributed by atoms with E-state index in [9.17, 15) is 0 Å². The summed E-state index contributed by atoms with van der Waals surface area (Å²) in [6.07, 6.45) is 7.37. The molecule has 1 aliphatic heterocycles. The van der Waals surface area contributed by atoms with Crippen LogP contribution < -0.4 is 10.6 Å². The van der Waals surface area contributed by atoms with E-state index in [2.05, 4.69) is 26.7 Å². The molecule has 122 valence electrons. The Hall–Kier alpha value is -1.40. The van der Waals surface area contributed by atoms with Crippen LogP contribution in [0.2, 0.25) is 0 Å². The van der Waals surface area contributed by atoms with Crippen LogP contribution in [-0.2, 0) is 4.74 Å². The second kappa shape index (κ2) is 7.74. The second-order valence-electron chi connectivity index (χ2n) is 6.19. The van der Waals surface area contributed by atoms with Gasteiger partial charge in [-0.2, -0.15) is 4.98 Å². The Kier molecular flexibility index (Phi) is 5.45. The minimum absolute atomic E-state index is 0.0749. The van der Waals surface area contributed by atoms with E-state index in [1.54, 1.807) is 0 Å². The molecule has 0 radical (unpaired) electrons. The maximum atomic E-state index is 8.99. The number of nitrogens with one attached hydrogen (secondary N) is 2. The summed E-state index contributed by atoms with van der Waals surface area (Å²) in [7, 11) is 0. The maximum Gasteiger partial charge on any atom is 0.224 e. The molecule has 1 atom stereocenters. The van der Waals surface area contributed by atoms with Gasteiger partial charge >= 0.3 is 0 Å². The predicted molar refractivity (Wildman–Crippen MR) is 86.3 cm³/mol. The second-order valence-corrected chi connectivity index (χ2v) is 6.19. The third-order valence-electron chi connectivity index (χ3n) is 4.45. The lowest BCUT2D eigenvalue weighted by Crippen LogP contribution is -2.23. The van der Waals surface area contributed by atoms with Gasteiger partial charge < -0.3 is 20.5 Å². The van der Waals surface area contributed by atoms with Crippen LogP contribution >= 0.6 is 0 Å². The first-order chi connectivity index (χ1) is 10.8. The fourth-order valence-electron chi connectivity index (χ4n) is 3.22. The summed E-state index contributed by atoms with van der Waals surface area (Å²) in [5.41, 5.74) is 1.03. The normalized spacial score (nSPS) is 22.7. The van der Waals surface area contributed by atoms with Gasteiger partial charge in [-0.1, -0.05) is 19.3 Å². The van der Waals surface area contributed by atoms with E-state index in [-0.39, 0.29) is 6.61 Å². The summed E-state index contributed by atoms with van der Waals surface area (Å²) in [6.45, 7) is 2.08. The first-order valence-corrected chi connectivity index (χ1v) is 8.43. The Morgan fingerprint density at radius 2 is 2.05 bits per heavy atom. The highest BCUT2D eigenvalue weighted by molar-refractivity contribution is 5.44. The Balaban J connectivity index is 1.75. The molecule has 2 heterocycles. The molecule has 6 nitrogen and oxygen atoms in total. The third kappa shape index (κ3) is 4.08. The zero-order valence-corrected chi connectivity index (χ0v) is 13.1. The number of anilines is 2. The van der Waals surface area contributed by atoms with Crippen molar-refractivity contribution in [1.82, 2.24) is 9.97 Å². The maximum absolute atomic E-state index is 8.99. The van der Waals surface area contributed by atoms with E-state index >= 15 is 0 Å². The molecule has 2 aliphatic rings. The van der Waals surface area contributed by atoms with Gasteiger partial charge in [0.1, 0.15) is 5.82 Å². The zero-order valence-electron chi connectivity index (χ0n) is 13.1. The molecule has 0 bridgehead atoms. The van der Waals surface area contributed by atoms with E-state index in [4.69, 9.17) is 9.84 Å². The summed E-state index contributed by atoms with van der Waals surface area (Å²) in [6, 6.07) is 2.58. The minimum Gasteiger partial charge on any atom is -0.395 e. The molecular formula is C16H26N4O2. The number of hydrogen-bond acceptors (Lipinski definition) is 6. The topological polar surface area (TPSA) is 79.3 Å². The summed E-state index contributed by atoms with van der Waals surface area (Å²) < 4.78 is 5.48. The monoisotopic (exact) mass is 306 g/mol. The van der Waals surface area contributed by atoms with Crippen LogP contribution in [0.3, 0.4) is 0 Å². The Labute approximate surface area is 131 Å². The molecule has 0 unspecified atom stereocenters. The number of aliphatic hydroxyl groups is 1. The van der Waals surface area contributed by atoms with Crippen molar-refractivity contribution in [3.05, 3.63) is 11.8 Å². The van der Waals surface area contributed by atoms with Gasteiger partial charge in [0.25, 0.3) is 0 Å². The molecule has 0 spiro atoms. The molecule has 1 saturated carbocycles. The molecule has 3 N–H and O–H groups in total. The highest BCUT2D eigenvalue weighted by Crippen LogP contribution is 2.27. The lowest BCUT2D eigenvalue weighted by Gasteiger charge is -2.24. The van der Waals surface area contributed by atoms with Crippen LogP contribution in [0.4, 0.5) is 11.8 Å². The highest BCUT2D eigenvalue weighted by atomic mass is 16.5. The zero-order chi connectivity index (χ0) is 15.2. The van der Waals surface area contributed by atoms with Gasteiger partial charge in [0.2, 0.25) is 5.95 Å². The van der Waals surface area contributed by atoms with E-state index in [1.165, 1.54) is 32.1 Å². The van der Waals surface area contributed by atoms with Crippen LogP contribution in [0.5, 0.6) is 0 Å². The number of aliphatic hydroxyl groups excluding tert-OH is 1. The Bertz CT molecular complexity index is 471. The molecule has 6 heteroatoms. The summed E-state index contributed by atoms with van der Waals surface area (Å²) in [4.78, 5) is 9.14. The molecule has 3 rings (SSSR count). The van der Waals surface area contributed by atoms with Crippen LogP contribution in [0, 0.1) is 0 Å². The van der Waals surface area contributed by atoms with E-state index in [0.29, 0.717) is 24.5 Å². The predicted octanol–water partition coefficient (Wildman–Crippen LogP) is 2.13. The fourth-order valence-corrected chi connectivity index (χ4v) is 3.22. The summed E-state index contributed by atoms with van der Waals surface area (Å²) in [5, 5.41) is 15.6. The molecule has 0 aromatic carbocycles. The molecule has 1 aliphatic carbocycles. The average Bonchev–Trinajstić information content (AvgIpc) is 3.08. The molecule has 22 heavy (non-hydrogen) atoms. The minimum atomic E-state index is 0.0749. The van der Waals surface area contributed by atoms with Crippen molar-refractivity contribution < 1.29 is 9.84 Å². The Morgan fingerprint density at radius 3 is 2.77 bits per heavy atom. The van der Waals surface area contributed by atoms with Gasteiger partial charge in [0.15, 0.2) is 0 Å². The smallest absolute Gasteiger partial charge is 0.224 e. The number of hydrogen-bond donors (Lipinski definition) is 3. The SMILES string of the molecule is OCCNc1nc(NC2CCCCC2)cc([C@@H]2CCOC2)n1. The number of rotatable bonds is 6. The molecule has 2 fully saturated rings. The third-order valence-corrected chi connectivity index (χ3v) is 4.45. The fraction of sp³-hybridized carbons (Fsp3) is 0.750. The number of aromatic nitrogens is 2. The molecule has 1 saturated heterocycles. The average molecular weight is 306 g/mol. The van der Waals surface area contributed by atoms with Gasteiger partial charge in [-0.25, -0.2) is 4.98 Å². The van der Waals surface area contributed by atoms with E-state index in [1.807, 2.05) is 0 Å². The van der Waals surface area contributed by atoms with Crippen molar-refractivity contribution in [2.24, 2.45) is 0 Å². The number of nitrogens with zero attached hydrogens (tertiary/aromatic N) is 2. The van der Waals surface area contributed by atoms with Crippen molar-refractivity contribution in [1.29, 1.82) is 0 Å². The quantitative estimate of drug-likeness (QED) is 0.747. The van der Waals surface area contributed by atoms with Gasteiger partial charge in [-0.05, 0) is 19.3 Å². The van der Waals surface area contributed by atoms with Crippen LogP contribution in [0.1, 0.15) is 50.1 Å². The van der Waals surface area contributed by atoms with Crippen LogP contribution in [0.25, 0.3) is 0 Å². The first-order valence-electron chi connectivity index (χ1n) is 8.43. The lowest BCUT2D eigenvalue weighted by molar-refractivity contribution is 0.193. The van der Waals surface area contributed by atoms with Crippen molar-refractivity contribution in [3.63, 3.8) is 0 Å². The molecule has 0 amide bonds. The van der Waals surface area contributed by atoms with Crippen molar-refractivity contribution in [2.45, 2.75) is 50.5 Å². The first kappa shape index (κ1) is 15.5. The van der Waals surface area contributed by atoms with Crippen molar-refractivity contribution in [3.8, 4) is 0 Å². The van der Waals surface area contributed by atoms with Gasteiger partial charge in [-0.3, -0.25) is 0 Å². The molecule has 1 aromatic rings. The number of ether oxygens (including phenoxy) is 1. The van der Waals surface area contributed by atoms with E-state index in [0.717, 1.165) is 31.1 Å². The molecular weight excluding hydrogens is 280 g/mol. The van der Waals surface area contributed by atoms with Crippen molar-refractivity contribution in [2.75, 3.05) is 37.0 Å². The van der Waals surface area contributed by atoms with Crippen LogP contribution in [-0.4, -0.2) is 47.5 Å². The molecule has 1 aromatic heterocycles. The van der Waals surface area contributed by atoms with Gasteiger partial charge in [0.05, 0.1) is 18.9 Å². The lowest BCUT2D eigenvalue weighted by atomic mass is 9.95. The van der Waals surface area contributed by atoms with E-state index < -0.39 is 0 Å². The van der Waals surface area contributed by atoms with Gasteiger partial charge in [0, 0.05) is 31.2 Å². The van der Waals surface area contributed by atoms with Gasteiger partial charge in [-0.15, -0.1) is 0 Å². The largest absolute Gasteiger partial charge is 0.395 e. The standard InChI is InChI=1S/C16H26N4O2/c21-8-7-17-16-19-14(12-6-9-22-11-12)10-15(20-16)18-13-4-2-1-3-5-13/h10,12-13,21H,1-9,11H2,(H2,17,18,19,20)/t12-/m1/s1. The van der Waals surface area contributed by atoms with Crippen molar-refractivity contribution >= 4 is 11.8 Å². The summed E-state index contributed by atoms with van der Waals surface area (Å²) >= 11 is 0. The highest BCUT2D eigenvalue weighted by Gasteiger charge is 2.21. The summed E-state index contributed by atoms with van der Waals surface area (Å²) in [5.74, 6) is 1.84. The Morgan fingerprint density at radius 1 is 1.18 bits per heavy atom. The van der Waals surface area contributed by atoms with Crippen LogP contribution in [0.15, 0.2) is 6.07 Å².